The van der Waals surface area contributed by atoms with Gasteiger partial charge in [0.2, 0.25) is 0 Å². The van der Waals surface area contributed by atoms with E-state index in [0.29, 0.717) is 0 Å². The SMILES string of the molecule is CC(O)[P+](=O)OC1CCCC1. The van der Waals surface area contributed by atoms with Crippen molar-refractivity contribution >= 4 is 8.03 Å². The fraction of sp³-hybridized carbons (Fsp3) is 1.00. The Balaban J connectivity index is 2.24. The Morgan fingerprint density at radius 1 is 1.55 bits per heavy atom. The molecule has 1 saturated carbocycles. The lowest BCUT2D eigenvalue weighted by atomic mass is 10.3. The van der Waals surface area contributed by atoms with Gasteiger partial charge in [-0.2, -0.15) is 0 Å². The standard InChI is InChI=1S/C7H14O3P/c1-6(8)11(9)10-7-4-2-3-5-7/h6-8H,2-5H2,1H3/q+1. The van der Waals surface area contributed by atoms with E-state index in [1.165, 1.54) is 6.92 Å². The predicted molar refractivity (Wildman–Crippen MR) is 42.6 cm³/mol. The fourth-order valence-corrected chi connectivity index (χ4v) is 1.91. The van der Waals surface area contributed by atoms with Crippen LogP contribution in [0.15, 0.2) is 0 Å². The molecule has 0 radical (unpaired) electrons. The quantitative estimate of drug-likeness (QED) is 0.671. The highest BCUT2D eigenvalue weighted by Gasteiger charge is 2.31. The zero-order chi connectivity index (χ0) is 8.27. The first-order valence-corrected chi connectivity index (χ1v) is 5.26. The average molecular weight is 177 g/mol. The molecule has 0 saturated heterocycles. The third kappa shape index (κ3) is 2.86. The molecule has 1 aliphatic rings. The van der Waals surface area contributed by atoms with Gasteiger partial charge in [0.05, 0.1) is 0 Å². The molecule has 64 valence electrons. The minimum absolute atomic E-state index is 0.133. The maximum atomic E-state index is 11.0. The molecule has 1 rings (SSSR count). The molecule has 1 aliphatic carbocycles. The molecule has 0 spiro atoms. The van der Waals surface area contributed by atoms with E-state index in [0.717, 1.165) is 25.7 Å². The van der Waals surface area contributed by atoms with Gasteiger partial charge < -0.3 is 5.11 Å². The molecule has 0 aromatic heterocycles. The molecule has 1 fully saturated rings. The molecule has 2 unspecified atom stereocenters. The summed E-state index contributed by atoms with van der Waals surface area (Å²) in [5.41, 5.74) is 0. The van der Waals surface area contributed by atoms with Crippen LogP contribution in [0, 0.1) is 0 Å². The second kappa shape index (κ2) is 4.15. The van der Waals surface area contributed by atoms with Crippen LogP contribution in [0.25, 0.3) is 0 Å². The number of aliphatic hydroxyl groups excluding tert-OH is 1. The van der Waals surface area contributed by atoms with Crippen LogP contribution in [0.2, 0.25) is 0 Å². The lowest BCUT2D eigenvalue weighted by molar-refractivity contribution is 0.186. The average Bonchev–Trinajstić information content (AvgIpc) is 2.39. The largest absolute Gasteiger partial charge is 0.540 e. The highest BCUT2D eigenvalue weighted by Crippen LogP contribution is 2.34. The molecule has 0 heterocycles. The van der Waals surface area contributed by atoms with Crippen LogP contribution in [-0.2, 0) is 9.09 Å². The third-order valence-corrected chi connectivity index (χ3v) is 2.98. The van der Waals surface area contributed by atoms with Crippen molar-refractivity contribution in [1.82, 2.24) is 0 Å². The van der Waals surface area contributed by atoms with Gasteiger partial charge in [-0.15, -0.1) is 4.52 Å². The van der Waals surface area contributed by atoms with Crippen molar-refractivity contribution < 1.29 is 14.2 Å². The molecular weight excluding hydrogens is 163 g/mol. The number of aliphatic hydroxyl groups is 1. The van der Waals surface area contributed by atoms with Crippen LogP contribution in [0.3, 0.4) is 0 Å². The smallest absolute Gasteiger partial charge is 0.349 e. The van der Waals surface area contributed by atoms with Gasteiger partial charge >= 0.3 is 8.03 Å². The molecule has 0 aliphatic heterocycles. The Labute approximate surface area is 67.6 Å². The van der Waals surface area contributed by atoms with Crippen LogP contribution < -0.4 is 0 Å². The molecule has 4 heteroatoms. The molecule has 3 nitrogen and oxygen atoms in total. The molecule has 0 aromatic carbocycles. The Bertz CT molecular complexity index is 141. The van der Waals surface area contributed by atoms with Crippen molar-refractivity contribution in [2.24, 2.45) is 0 Å². The second-order valence-corrected chi connectivity index (χ2v) is 4.46. The van der Waals surface area contributed by atoms with Crippen LogP contribution in [0.4, 0.5) is 0 Å². The van der Waals surface area contributed by atoms with Crippen molar-refractivity contribution in [2.75, 3.05) is 0 Å². The zero-order valence-electron chi connectivity index (χ0n) is 6.69. The first kappa shape index (κ1) is 9.11. The first-order valence-electron chi connectivity index (χ1n) is 4.01. The normalized spacial score (nSPS) is 23.6. The summed E-state index contributed by atoms with van der Waals surface area (Å²) in [4.78, 5) is 0. The molecule has 0 amide bonds. The summed E-state index contributed by atoms with van der Waals surface area (Å²) in [6.07, 6.45) is 4.44. The van der Waals surface area contributed by atoms with Gasteiger partial charge in [-0.3, -0.25) is 0 Å². The topological polar surface area (TPSA) is 46.5 Å². The predicted octanol–water partition coefficient (Wildman–Crippen LogP) is 2.03. The van der Waals surface area contributed by atoms with E-state index < -0.39 is 13.9 Å². The molecule has 1 N–H and O–H groups in total. The van der Waals surface area contributed by atoms with E-state index in [-0.39, 0.29) is 6.10 Å². The van der Waals surface area contributed by atoms with Crippen molar-refractivity contribution in [1.29, 1.82) is 0 Å². The van der Waals surface area contributed by atoms with Gasteiger partial charge in [0.15, 0.2) is 0 Å². The fourth-order valence-electron chi connectivity index (χ4n) is 1.23. The molecule has 0 aromatic rings. The summed E-state index contributed by atoms with van der Waals surface area (Å²) in [7, 11) is -1.85. The summed E-state index contributed by atoms with van der Waals surface area (Å²) in [5.74, 6) is -0.828. The first-order chi connectivity index (χ1) is 5.20. The second-order valence-electron chi connectivity index (χ2n) is 2.93. The van der Waals surface area contributed by atoms with Crippen molar-refractivity contribution in [3.05, 3.63) is 0 Å². The summed E-state index contributed by atoms with van der Waals surface area (Å²) in [6.45, 7) is 1.49. The Morgan fingerprint density at radius 2 is 2.09 bits per heavy atom. The molecule has 0 bridgehead atoms. The maximum Gasteiger partial charge on any atom is 0.540 e. The van der Waals surface area contributed by atoms with Crippen molar-refractivity contribution in [3.8, 4) is 0 Å². The van der Waals surface area contributed by atoms with Gasteiger partial charge in [0, 0.05) is 6.92 Å². The van der Waals surface area contributed by atoms with Gasteiger partial charge in [0.1, 0.15) is 6.10 Å². The Kier molecular flexibility index (Phi) is 3.44. The molecular formula is C7H14O3P+. The van der Waals surface area contributed by atoms with Gasteiger partial charge in [-0.05, 0) is 17.4 Å². The number of rotatable bonds is 3. The molecule has 2 atom stereocenters. The van der Waals surface area contributed by atoms with Crippen LogP contribution in [-0.4, -0.2) is 17.1 Å². The highest BCUT2D eigenvalue weighted by atomic mass is 31.1. The van der Waals surface area contributed by atoms with Crippen LogP contribution in [0.5, 0.6) is 0 Å². The van der Waals surface area contributed by atoms with E-state index in [1.54, 1.807) is 0 Å². The highest BCUT2D eigenvalue weighted by molar-refractivity contribution is 7.39. The summed E-state index contributed by atoms with van der Waals surface area (Å²) < 4.78 is 16.1. The summed E-state index contributed by atoms with van der Waals surface area (Å²) >= 11 is 0. The summed E-state index contributed by atoms with van der Waals surface area (Å²) in [6, 6.07) is 0. The Hall–Kier alpha value is 0.0200. The lowest BCUT2D eigenvalue weighted by Gasteiger charge is -1.99. The Morgan fingerprint density at radius 3 is 2.55 bits per heavy atom. The van der Waals surface area contributed by atoms with E-state index in [9.17, 15) is 4.57 Å². The number of hydrogen-bond acceptors (Lipinski definition) is 3. The van der Waals surface area contributed by atoms with Crippen molar-refractivity contribution in [2.45, 2.75) is 44.6 Å². The van der Waals surface area contributed by atoms with Crippen LogP contribution >= 0.6 is 8.03 Å². The minimum atomic E-state index is -1.85. The summed E-state index contributed by atoms with van der Waals surface area (Å²) in [5, 5.41) is 8.87. The van der Waals surface area contributed by atoms with E-state index in [1.807, 2.05) is 0 Å². The minimum Gasteiger partial charge on any atom is -0.349 e. The maximum absolute atomic E-state index is 11.0. The monoisotopic (exact) mass is 177 g/mol. The van der Waals surface area contributed by atoms with E-state index in [2.05, 4.69) is 0 Å². The van der Waals surface area contributed by atoms with Gasteiger partial charge in [-0.1, -0.05) is 12.8 Å². The van der Waals surface area contributed by atoms with Crippen LogP contribution in [0.1, 0.15) is 32.6 Å². The zero-order valence-corrected chi connectivity index (χ0v) is 7.59. The van der Waals surface area contributed by atoms with E-state index in [4.69, 9.17) is 9.63 Å². The van der Waals surface area contributed by atoms with E-state index >= 15 is 0 Å². The van der Waals surface area contributed by atoms with Crippen molar-refractivity contribution in [3.63, 3.8) is 0 Å². The third-order valence-electron chi connectivity index (χ3n) is 1.86. The number of hydrogen-bond donors (Lipinski definition) is 1. The van der Waals surface area contributed by atoms with Gasteiger partial charge in [0.25, 0.3) is 5.85 Å². The van der Waals surface area contributed by atoms with Gasteiger partial charge in [-0.25, -0.2) is 0 Å². The molecule has 11 heavy (non-hydrogen) atoms. The lowest BCUT2D eigenvalue weighted by Crippen LogP contribution is -2.05.